The topological polar surface area (TPSA) is 52.2 Å². The molecule has 0 radical (unpaired) electrons. The van der Waals surface area contributed by atoms with Gasteiger partial charge in [-0.05, 0) is 61.9 Å². The van der Waals surface area contributed by atoms with Crippen LogP contribution in [0.3, 0.4) is 0 Å². The Hall–Kier alpha value is -2.43. The Morgan fingerprint density at radius 1 is 1.07 bits per heavy atom. The predicted molar refractivity (Wildman–Crippen MR) is 122 cm³/mol. The summed E-state index contributed by atoms with van der Waals surface area (Å²) in [5, 5.41) is 11.5. The molecule has 0 spiro atoms. The fourth-order valence-corrected chi connectivity index (χ4v) is 5.35. The zero-order chi connectivity index (χ0) is 20.6. The van der Waals surface area contributed by atoms with Crippen LogP contribution in [0.1, 0.15) is 37.1 Å². The highest BCUT2D eigenvalue weighted by molar-refractivity contribution is 5.74. The van der Waals surface area contributed by atoms with E-state index in [0.717, 1.165) is 55.6 Å². The minimum atomic E-state index is -0.561. The van der Waals surface area contributed by atoms with Gasteiger partial charge in [-0.3, -0.25) is 0 Å². The molecule has 1 aromatic heterocycles. The van der Waals surface area contributed by atoms with Gasteiger partial charge in [0, 0.05) is 25.4 Å². The van der Waals surface area contributed by atoms with E-state index in [0.29, 0.717) is 5.92 Å². The molecular weight excluding hydrogens is 370 g/mol. The summed E-state index contributed by atoms with van der Waals surface area (Å²) in [4.78, 5) is 10.4. The summed E-state index contributed by atoms with van der Waals surface area (Å²) in [7, 11) is 2.15. The molecule has 2 N–H and O–H groups in total. The summed E-state index contributed by atoms with van der Waals surface area (Å²) in [6, 6.07) is 18.9. The van der Waals surface area contributed by atoms with Gasteiger partial charge in [0.05, 0.1) is 16.6 Å². The van der Waals surface area contributed by atoms with E-state index in [4.69, 9.17) is 0 Å². The van der Waals surface area contributed by atoms with Gasteiger partial charge in [0.15, 0.2) is 0 Å². The first-order valence-electron chi connectivity index (χ1n) is 11.2. The van der Waals surface area contributed by atoms with E-state index in [-0.39, 0.29) is 5.92 Å². The van der Waals surface area contributed by atoms with Crippen LogP contribution in [0.5, 0.6) is 0 Å². The first-order valence-corrected chi connectivity index (χ1v) is 11.2. The number of nitrogens with one attached hydrogen (secondary N) is 1. The van der Waals surface area contributed by atoms with E-state index in [2.05, 4.69) is 64.4 Å². The van der Waals surface area contributed by atoms with Gasteiger partial charge in [0.25, 0.3) is 0 Å². The van der Waals surface area contributed by atoms with Crippen LogP contribution in [-0.2, 0) is 6.42 Å². The van der Waals surface area contributed by atoms with Crippen molar-refractivity contribution in [2.75, 3.05) is 20.1 Å². The molecule has 3 atom stereocenters. The molecule has 0 unspecified atom stereocenters. The largest absolute Gasteiger partial charge is 0.389 e. The Balaban J connectivity index is 1.18. The first-order chi connectivity index (χ1) is 14.6. The van der Waals surface area contributed by atoms with Crippen LogP contribution in [0.15, 0.2) is 60.7 Å². The molecule has 4 heteroatoms. The number of aromatic nitrogens is 2. The second-order valence-corrected chi connectivity index (χ2v) is 9.18. The van der Waals surface area contributed by atoms with Gasteiger partial charge < -0.3 is 15.0 Å². The number of fused-ring (bicyclic) bond motifs is 3. The Labute approximate surface area is 178 Å². The molecular formula is C26H31N3O. The summed E-state index contributed by atoms with van der Waals surface area (Å²) in [5.74, 6) is 1.80. The van der Waals surface area contributed by atoms with Crippen molar-refractivity contribution in [1.82, 2.24) is 14.9 Å². The molecule has 1 fully saturated rings. The number of likely N-dealkylation sites (N-methyl/N-ethyl adjacent to an activating group) is 1. The number of rotatable bonds is 7. The number of aromatic amines is 1. The second kappa shape index (κ2) is 8.01. The maximum atomic E-state index is 11.5. The molecule has 30 heavy (non-hydrogen) atoms. The normalized spacial score (nSPS) is 25.8. The van der Waals surface area contributed by atoms with Crippen molar-refractivity contribution >= 4 is 16.6 Å². The zero-order valence-corrected chi connectivity index (χ0v) is 17.7. The minimum absolute atomic E-state index is 0.279. The molecule has 3 aliphatic rings. The average Bonchev–Trinajstić information content (AvgIpc) is 3.20. The second-order valence-electron chi connectivity index (χ2n) is 9.18. The number of benzene rings is 2. The Kier molecular flexibility index (Phi) is 5.21. The van der Waals surface area contributed by atoms with Crippen LogP contribution < -0.4 is 0 Å². The lowest BCUT2D eigenvalue weighted by Crippen LogP contribution is -2.48. The molecule has 0 amide bonds. The van der Waals surface area contributed by atoms with Gasteiger partial charge in [0.1, 0.15) is 5.82 Å². The smallest absolute Gasteiger partial charge is 0.108 e. The molecule has 2 bridgehead atoms. The summed E-state index contributed by atoms with van der Waals surface area (Å²) >= 11 is 0. The van der Waals surface area contributed by atoms with Gasteiger partial charge in [-0.15, -0.1) is 0 Å². The third-order valence-corrected chi connectivity index (χ3v) is 7.14. The number of hydrogen-bond donors (Lipinski definition) is 2. The minimum Gasteiger partial charge on any atom is -0.389 e. The summed E-state index contributed by atoms with van der Waals surface area (Å²) in [6.07, 6.45) is 7.32. The number of aliphatic hydroxyl groups is 1. The molecule has 156 valence electrons. The lowest BCUT2D eigenvalue weighted by Gasteiger charge is -2.48. The molecule has 0 aliphatic heterocycles. The Bertz CT molecular complexity index is 1010. The van der Waals surface area contributed by atoms with Gasteiger partial charge in [-0.25, -0.2) is 4.98 Å². The quantitative estimate of drug-likeness (QED) is 0.605. The molecule has 1 saturated carbocycles. The third kappa shape index (κ3) is 3.82. The lowest BCUT2D eigenvalue weighted by molar-refractivity contribution is -0.0574. The Morgan fingerprint density at radius 3 is 2.63 bits per heavy atom. The standard InChI is InChI=1S/C26H31N3O/c1-29(15-13-25-27-23-9-5-6-10-24(23)28-25)16-14-26(30)18-20-11-12-21(26)17-22(20)19-7-3-2-4-8-19/h2-10,17,20-21,30H,11-16,18H2,1H3,(H,27,28)/t20-,21-,26+/m1/s1. The van der Waals surface area contributed by atoms with E-state index < -0.39 is 5.60 Å². The zero-order valence-electron chi connectivity index (χ0n) is 17.7. The average molecular weight is 402 g/mol. The summed E-state index contributed by atoms with van der Waals surface area (Å²) < 4.78 is 0. The fraction of sp³-hybridized carbons (Fsp3) is 0.423. The maximum Gasteiger partial charge on any atom is 0.108 e. The number of H-pyrrole nitrogens is 1. The van der Waals surface area contributed by atoms with Crippen LogP contribution >= 0.6 is 0 Å². The van der Waals surface area contributed by atoms with Crippen LogP contribution in [0.2, 0.25) is 0 Å². The van der Waals surface area contributed by atoms with Gasteiger partial charge in [0.2, 0.25) is 0 Å². The highest BCUT2D eigenvalue weighted by Gasteiger charge is 2.46. The van der Waals surface area contributed by atoms with Crippen molar-refractivity contribution in [3.05, 3.63) is 72.1 Å². The number of allylic oxidation sites excluding steroid dienone is 1. The predicted octanol–water partition coefficient (Wildman–Crippen LogP) is 4.67. The van der Waals surface area contributed by atoms with Crippen molar-refractivity contribution in [3.8, 4) is 0 Å². The van der Waals surface area contributed by atoms with E-state index in [1.54, 1.807) is 0 Å². The van der Waals surface area contributed by atoms with Crippen molar-refractivity contribution in [2.24, 2.45) is 11.8 Å². The van der Waals surface area contributed by atoms with Crippen LogP contribution in [0, 0.1) is 11.8 Å². The van der Waals surface area contributed by atoms with Crippen molar-refractivity contribution < 1.29 is 5.11 Å². The summed E-state index contributed by atoms with van der Waals surface area (Å²) in [6.45, 7) is 1.85. The van der Waals surface area contributed by atoms with Crippen LogP contribution in [-0.4, -0.2) is 45.7 Å². The van der Waals surface area contributed by atoms with E-state index in [1.165, 1.54) is 17.6 Å². The molecule has 1 heterocycles. The summed E-state index contributed by atoms with van der Waals surface area (Å²) in [5.41, 5.74) is 4.36. The van der Waals surface area contributed by atoms with Gasteiger partial charge in [-0.1, -0.05) is 48.5 Å². The van der Waals surface area contributed by atoms with E-state index in [9.17, 15) is 5.11 Å². The van der Waals surface area contributed by atoms with Crippen LogP contribution in [0.4, 0.5) is 0 Å². The molecule has 3 aromatic rings. The molecule has 3 aliphatic carbocycles. The maximum absolute atomic E-state index is 11.5. The highest BCUT2D eigenvalue weighted by atomic mass is 16.3. The number of hydrogen-bond acceptors (Lipinski definition) is 3. The lowest BCUT2D eigenvalue weighted by atomic mass is 9.61. The number of nitrogens with zero attached hydrogens (tertiary/aromatic N) is 2. The Morgan fingerprint density at radius 2 is 1.87 bits per heavy atom. The first kappa shape index (κ1) is 19.5. The van der Waals surface area contributed by atoms with Gasteiger partial charge >= 0.3 is 0 Å². The monoisotopic (exact) mass is 401 g/mol. The molecule has 6 rings (SSSR count). The molecule has 2 aromatic carbocycles. The van der Waals surface area contributed by atoms with Crippen molar-refractivity contribution in [1.29, 1.82) is 0 Å². The number of para-hydroxylation sites is 2. The third-order valence-electron chi connectivity index (χ3n) is 7.14. The molecule has 0 saturated heterocycles. The van der Waals surface area contributed by atoms with Gasteiger partial charge in [-0.2, -0.15) is 0 Å². The highest BCUT2D eigenvalue weighted by Crippen LogP contribution is 2.51. The SMILES string of the molecule is CN(CCc1nc2ccccc2[nH]1)CC[C@]1(O)C[C@H]2CC[C@@H]1C=C2c1ccccc1. The van der Waals surface area contributed by atoms with E-state index in [1.807, 2.05) is 18.2 Å². The fourth-order valence-electron chi connectivity index (χ4n) is 5.35. The molecule has 4 nitrogen and oxygen atoms in total. The van der Waals surface area contributed by atoms with Crippen LogP contribution in [0.25, 0.3) is 16.6 Å². The van der Waals surface area contributed by atoms with E-state index >= 15 is 0 Å². The van der Waals surface area contributed by atoms with Crippen molar-refractivity contribution in [3.63, 3.8) is 0 Å². The van der Waals surface area contributed by atoms with Crippen molar-refractivity contribution in [2.45, 2.75) is 37.7 Å². The number of imidazole rings is 1.